The first-order chi connectivity index (χ1) is 8.79. The van der Waals surface area contributed by atoms with Gasteiger partial charge in [0.25, 0.3) is 5.91 Å². The Morgan fingerprint density at radius 1 is 1.72 bits per heavy atom. The number of hydrogen-bond donors (Lipinski definition) is 2. The van der Waals surface area contributed by atoms with Crippen LogP contribution in [0.3, 0.4) is 0 Å². The highest BCUT2D eigenvalue weighted by molar-refractivity contribution is 5.92. The van der Waals surface area contributed by atoms with Crippen molar-refractivity contribution in [2.45, 2.75) is 19.4 Å². The maximum Gasteiger partial charge on any atom is 0.273 e. The summed E-state index contributed by atoms with van der Waals surface area (Å²) in [4.78, 5) is 11.8. The van der Waals surface area contributed by atoms with Crippen LogP contribution >= 0.6 is 0 Å². The maximum atomic E-state index is 11.8. The summed E-state index contributed by atoms with van der Waals surface area (Å²) in [7, 11) is 1.57. The van der Waals surface area contributed by atoms with Crippen molar-refractivity contribution in [3.8, 4) is 0 Å². The predicted octanol–water partition coefficient (Wildman–Crippen LogP) is 0.550. The zero-order valence-electron chi connectivity index (χ0n) is 10.6. The van der Waals surface area contributed by atoms with E-state index in [1.54, 1.807) is 13.2 Å². The van der Waals surface area contributed by atoms with Gasteiger partial charge in [0.05, 0.1) is 0 Å². The number of amides is 1. The van der Waals surface area contributed by atoms with Crippen LogP contribution in [0, 0.1) is 5.92 Å². The number of nitrogens with zero attached hydrogens (tertiary/aromatic N) is 1. The summed E-state index contributed by atoms with van der Waals surface area (Å²) in [6.45, 7) is 3.05. The lowest BCUT2D eigenvalue weighted by molar-refractivity contribution is 0.0935. The number of hydrogen-bond acceptors (Lipinski definition) is 5. The molecule has 2 heterocycles. The molecule has 0 aromatic carbocycles. The number of aromatic nitrogens is 1. The van der Waals surface area contributed by atoms with Gasteiger partial charge in [-0.05, 0) is 31.8 Å². The fraction of sp³-hybridized carbons (Fsp3) is 0.667. The molecule has 0 bridgehead atoms. The van der Waals surface area contributed by atoms with Gasteiger partial charge in [-0.2, -0.15) is 0 Å². The van der Waals surface area contributed by atoms with Crippen molar-refractivity contribution in [3.63, 3.8) is 0 Å². The van der Waals surface area contributed by atoms with E-state index in [2.05, 4.69) is 15.8 Å². The Balaban J connectivity index is 1.79. The molecule has 1 fully saturated rings. The van der Waals surface area contributed by atoms with E-state index in [0.717, 1.165) is 19.5 Å². The van der Waals surface area contributed by atoms with E-state index in [0.29, 0.717) is 30.5 Å². The summed E-state index contributed by atoms with van der Waals surface area (Å²) >= 11 is 0. The number of ether oxygens (including phenoxy) is 1. The quantitative estimate of drug-likeness (QED) is 0.801. The van der Waals surface area contributed by atoms with E-state index in [-0.39, 0.29) is 5.91 Å². The highest BCUT2D eigenvalue weighted by Gasteiger charge is 2.16. The van der Waals surface area contributed by atoms with Gasteiger partial charge in [0.2, 0.25) is 0 Å². The first-order valence-electron chi connectivity index (χ1n) is 6.23. The Bertz CT molecular complexity index is 386. The molecule has 100 valence electrons. The van der Waals surface area contributed by atoms with Crippen LogP contribution in [0.5, 0.6) is 0 Å². The average Bonchev–Trinajstić information content (AvgIpc) is 2.86. The van der Waals surface area contributed by atoms with Crippen molar-refractivity contribution in [2.24, 2.45) is 5.92 Å². The monoisotopic (exact) mass is 253 g/mol. The van der Waals surface area contributed by atoms with Crippen LogP contribution in [0.2, 0.25) is 0 Å². The molecule has 1 atom stereocenters. The molecule has 1 saturated heterocycles. The van der Waals surface area contributed by atoms with Crippen molar-refractivity contribution in [3.05, 3.63) is 17.5 Å². The van der Waals surface area contributed by atoms with Gasteiger partial charge in [-0.3, -0.25) is 4.79 Å². The Morgan fingerprint density at radius 3 is 3.33 bits per heavy atom. The van der Waals surface area contributed by atoms with Gasteiger partial charge in [-0.1, -0.05) is 5.16 Å². The zero-order valence-corrected chi connectivity index (χ0v) is 10.6. The van der Waals surface area contributed by atoms with Gasteiger partial charge >= 0.3 is 0 Å². The molecule has 0 spiro atoms. The topological polar surface area (TPSA) is 76.4 Å². The van der Waals surface area contributed by atoms with Gasteiger partial charge in [0.15, 0.2) is 11.5 Å². The molecular formula is C12H19N3O3. The maximum absolute atomic E-state index is 11.8. The molecule has 0 aliphatic carbocycles. The van der Waals surface area contributed by atoms with Crippen LogP contribution in [-0.2, 0) is 11.3 Å². The molecule has 1 aliphatic heterocycles. The summed E-state index contributed by atoms with van der Waals surface area (Å²) in [5.74, 6) is 0.877. The largest absolute Gasteiger partial charge is 0.377 e. The Labute approximate surface area is 106 Å². The van der Waals surface area contributed by atoms with E-state index < -0.39 is 0 Å². The van der Waals surface area contributed by atoms with Crippen molar-refractivity contribution < 1.29 is 14.1 Å². The molecule has 1 amide bonds. The van der Waals surface area contributed by atoms with E-state index in [1.165, 1.54) is 6.42 Å². The number of carbonyl (C=O) groups excluding carboxylic acids is 1. The molecule has 2 N–H and O–H groups in total. The lowest BCUT2D eigenvalue weighted by Crippen LogP contribution is -2.38. The molecular weight excluding hydrogens is 234 g/mol. The second-order valence-corrected chi connectivity index (χ2v) is 4.53. The Hall–Kier alpha value is -1.40. The lowest BCUT2D eigenvalue weighted by Gasteiger charge is -2.22. The standard InChI is InChI=1S/C12H19N3O3/c1-17-8-10-5-11(15-18-10)12(16)14-7-9-3-2-4-13-6-9/h5,9,13H,2-4,6-8H2,1H3,(H,14,16). The third-order valence-corrected chi connectivity index (χ3v) is 3.03. The number of carbonyl (C=O) groups is 1. The first kappa shape index (κ1) is 13.0. The van der Waals surface area contributed by atoms with Gasteiger partial charge in [0.1, 0.15) is 6.61 Å². The molecule has 6 heteroatoms. The van der Waals surface area contributed by atoms with Crippen LogP contribution in [0.25, 0.3) is 0 Å². The van der Waals surface area contributed by atoms with Gasteiger partial charge in [0, 0.05) is 19.7 Å². The number of piperidine rings is 1. The van der Waals surface area contributed by atoms with Gasteiger partial charge in [-0.25, -0.2) is 0 Å². The van der Waals surface area contributed by atoms with Crippen molar-refractivity contribution in [1.29, 1.82) is 0 Å². The molecule has 18 heavy (non-hydrogen) atoms. The minimum atomic E-state index is -0.188. The minimum absolute atomic E-state index is 0.188. The third kappa shape index (κ3) is 3.54. The molecule has 1 aromatic rings. The summed E-state index contributed by atoms with van der Waals surface area (Å²) in [6, 6.07) is 1.61. The molecule has 2 rings (SSSR count). The number of methoxy groups -OCH3 is 1. The predicted molar refractivity (Wildman–Crippen MR) is 65.1 cm³/mol. The van der Waals surface area contributed by atoms with E-state index in [9.17, 15) is 4.79 Å². The van der Waals surface area contributed by atoms with Crippen LogP contribution in [-0.4, -0.2) is 37.8 Å². The summed E-state index contributed by atoms with van der Waals surface area (Å²) < 4.78 is 9.87. The van der Waals surface area contributed by atoms with Crippen molar-refractivity contribution >= 4 is 5.91 Å². The average molecular weight is 253 g/mol. The molecule has 1 aromatic heterocycles. The van der Waals surface area contributed by atoms with Crippen LogP contribution in [0.1, 0.15) is 29.1 Å². The number of nitrogens with one attached hydrogen (secondary N) is 2. The van der Waals surface area contributed by atoms with Crippen LogP contribution in [0.15, 0.2) is 10.6 Å². The molecule has 1 aliphatic rings. The third-order valence-electron chi connectivity index (χ3n) is 3.03. The Kier molecular flexibility index (Phi) is 4.72. The van der Waals surface area contributed by atoms with E-state index in [1.807, 2.05) is 0 Å². The minimum Gasteiger partial charge on any atom is -0.377 e. The van der Waals surface area contributed by atoms with Crippen LogP contribution < -0.4 is 10.6 Å². The molecule has 6 nitrogen and oxygen atoms in total. The summed E-state index contributed by atoms with van der Waals surface area (Å²) in [5, 5.41) is 9.91. The fourth-order valence-electron chi connectivity index (χ4n) is 2.06. The Morgan fingerprint density at radius 2 is 2.61 bits per heavy atom. The van der Waals surface area contributed by atoms with Gasteiger partial charge in [-0.15, -0.1) is 0 Å². The zero-order chi connectivity index (χ0) is 12.8. The summed E-state index contributed by atoms with van der Waals surface area (Å²) in [6.07, 6.45) is 2.32. The normalized spacial score (nSPS) is 19.7. The second kappa shape index (κ2) is 6.51. The highest BCUT2D eigenvalue weighted by Crippen LogP contribution is 2.09. The highest BCUT2D eigenvalue weighted by atomic mass is 16.5. The molecule has 0 radical (unpaired) electrons. The summed E-state index contributed by atoms with van der Waals surface area (Å²) in [5.41, 5.74) is 0.311. The SMILES string of the molecule is COCc1cc(C(=O)NCC2CCCNC2)no1. The molecule has 1 unspecified atom stereocenters. The second-order valence-electron chi connectivity index (χ2n) is 4.53. The van der Waals surface area contributed by atoms with Crippen molar-refractivity contribution in [2.75, 3.05) is 26.7 Å². The number of rotatable bonds is 5. The van der Waals surface area contributed by atoms with E-state index in [4.69, 9.17) is 9.26 Å². The van der Waals surface area contributed by atoms with E-state index >= 15 is 0 Å². The van der Waals surface area contributed by atoms with Crippen molar-refractivity contribution in [1.82, 2.24) is 15.8 Å². The fourth-order valence-corrected chi connectivity index (χ4v) is 2.06. The molecule has 0 saturated carbocycles. The first-order valence-corrected chi connectivity index (χ1v) is 6.23. The smallest absolute Gasteiger partial charge is 0.273 e. The lowest BCUT2D eigenvalue weighted by atomic mass is 10.00. The van der Waals surface area contributed by atoms with Crippen LogP contribution in [0.4, 0.5) is 0 Å². The van der Waals surface area contributed by atoms with Gasteiger partial charge < -0.3 is 19.9 Å².